The monoisotopic (exact) mass is 325 g/mol. The topological polar surface area (TPSA) is 54.3 Å². The number of fused-ring (bicyclic) bond motifs is 1. The van der Waals surface area contributed by atoms with Crippen molar-refractivity contribution >= 4 is 5.91 Å². The number of likely N-dealkylation sites (tertiary alicyclic amines) is 2. The van der Waals surface area contributed by atoms with Crippen LogP contribution in [0.3, 0.4) is 0 Å². The summed E-state index contributed by atoms with van der Waals surface area (Å²) in [6.45, 7) is 4.24. The minimum Gasteiger partial charge on any atom is -0.338 e. The van der Waals surface area contributed by atoms with Crippen molar-refractivity contribution < 1.29 is 4.79 Å². The molecule has 2 saturated heterocycles. The molecule has 24 heavy (non-hydrogen) atoms. The second kappa shape index (κ2) is 6.36. The van der Waals surface area contributed by atoms with Crippen LogP contribution in [0.2, 0.25) is 0 Å². The number of pyridine rings is 1. The predicted molar refractivity (Wildman–Crippen MR) is 89.7 cm³/mol. The van der Waals surface area contributed by atoms with Crippen LogP contribution in [-0.2, 0) is 24.9 Å². The molecule has 0 N–H and O–H groups in total. The summed E-state index contributed by atoms with van der Waals surface area (Å²) in [5.74, 6) is 2.01. The van der Waals surface area contributed by atoms with E-state index in [9.17, 15) is 4.79 Å². The Hall–Kier alpha value is -2.21. The Morgan fingerprint density at radius 1 is 1.17 bits per heavy atom. The molecule has 0 spiro atoms. The number of aryl methyl sites for hydroxylation is 1. The molecule has 2 aliphatic rings. The predicted octanol–water partition coefficient (Wildman–Crippen LogP) is 1.30. The first kappa shape index (κ1) is 15.3. The Kier molecular flexibility index (Phi) is 4.06. The van der Waals surface area contributed by atoms with E-state index in [0.717, 1.165) is 44.0 Å². The Labute approximate surface area is 142 Å². The van der Waals surface area contributed by atoms with Gasteiger partial charge >= 0.3 is 0 Å². The Bertz CT molecular complexity index is 713. The molecule has 1 amide bonds. The second-order valence-electron chi connectivity index (χ2n) is 6.92. The summed E-state index contributed by atoms with van der Waals surface area (Å²) in [5, 5.41) is 0. The van der Waals surface area contributed by atoms with Crippen LogP contribution in [0.1, 0.15) is 17.8 Å². The highest BCUT2D eigenvalue weighted by atomic mass is 16.2. The zero-order valence-corrected chi connectivity index (χ0v) is 14.0. The van der Waals surface area contributed by atoms with Crippen molar-refractivity contribution in [1.29, 1.82) is 0 Å². The fourth-order valence-electron chi connectivity index (χ4n) is 3.94. The zero-order valence-electron chi connectivity index (χ0n) is 14.0. The maximum Gasteiger partial charge on any atom is 0.227 e. The summed E-state index contributed by atoms with van der Waals surface area (Å²) >= 11 is 0. The molecule has 0 radical (unpaired) electrons. The summed E-state index contributed by atoms with van der Waals surface area (Å²) in [6.07, 6.45) is 8.48. The molecule has 0 aliphatic carbocycles. The van der Waals surface area contributed by atoms with Gasteiger partial charge in [-0.15, -0.1) is 0 Å². The smallest absolute Gasteiger partial charge is 0.227 e. The molecule has 4 rings (SSSR count). The molecule has 0 aromatic carbocycles. The number of hydrogen-bond acceptors (Lipinski definition) is 4. The molecule has 2 aliphatic heterocycles. The van der Waals surface area contributed by atoms with Gasteiger partial charge in [-0.1, -0.05) is 0 Å². The molecule has 6 nitrogen and oxygen atoms in total. The molecule has 2 aromatic heterocycles. The van der Waals surface area contributed by atoms with Gasteiger partial charge < -0.3 is 9.47 Å². The summed E-state index contributed by atoms with van der Waals surface area (Å²) in [4.78, 5) is 25.7. The first-order valence-electron chi connectivity index (χ1n) is 8.57. The lowest BCUT2D eigenvalue weighted by Crippen LogP contribution is -2.44. The lowest BCUT2D eigenvalue weighted by atomic mass is 9.88. The van der Waals surface area contributed by atoms with Crippen LogP contribution in [0.4, 0.5) is 0 Å². The number of piperidine rings is 1. The summed E-state index contributed by atoms with van der Waals surface area (Å²) in [5.41, 5.74) is 1.15. The van der Waals surface area contributed by atoms with Crippen molar-refractivity contribution in [1.82, 2.24) is 24.3 Å². The van der Waals surface area contributed by atoms with E-state index < -0.39 is 0 Å². The molecule has 126 valence electrons. The number of aromatic nitrogens is 3. The van der Waals surface area contributed by atoms with Gasteiger partial charge in [0.15, 0.2) is 0 Å². The molecule has 2 aromatic rings. The third-order valence-electron chi connectivity index (χ3n) is 5.32. The van der Waals surface area contributed by atoms with Crippen LogP contribution in [0.5, 0.6) is 0 Å². The summed E-state index contributed by atoms with van der Waals surface area (Å²) < 4.78 is 2.06. The van der Waals surface area contributed by atoms with Gasteiger partial charge in [0.05, 0.1) is 12.5 Å². The number of carbonyl (C=O) groups excluding carboxylic acids is 1. The largest absolute Gasteiger partial charge is 0.338 e. The highest BCUT2D eigenvalue weighted by Gasteiger charge is 2.42. The van der Waals surface area contributed by atoms with Crippen LogP contribution in [-0.4, -0.2) is 49.9 Å². The quantitative estimate of drug-likeness (QED) is 0.850. The number of imidazole rings is 1. The maximum absolute atomic E-state index is 12.9. The molecule has 6 heteroatoms. The van der Waals surface area contributed by atoms with Crippen LogP contribution in [0.15, 0.2) is 36.9 Å². The van der Waals surface area contributed by atoms with E-state index in [4.69, 9.17) is 0 Å². The molecular weight excluding hydrogens is 302 g/mol. The third kappa shape index (κ3) is 2.94. The van der Waals surface area contributed by atoms with Gasteiger partial charge in [0.1, 0.15) is 5.82 Å². The lowest BCUT2D eigenvalue weighted by Gasteiger charge is -2.34. The Morgan fingerprint density at radius 3 is 2.75 bits per heavy atom. The minimum absolute atomic E-state index is 0.140. The van der Waals surface area contributed by atoms with E-state index in [-0.39, 0.29) is 5.92 Å². The number of rotatable bonds is 4. The van der Waals surface area contributed by atoms with E-state index in [1.807, 2.05) is 36.5 Å². The van der Waals surface area contributed by atoms with Crippen LogP contribution in [0, 0.1) is 11.8 Å². The second-order valence-corrected chi connectivity index (χ2v) is 6.92. The van der Waals surface area contributed by atoms with Gasteiger partial charge in [0, 0.05) is 58.0 Å². The van der Waals surface area contributed by atoms with Gasteiger partial charge in [-0.3, -0.25) is 14.7 Å². The van der Waals surface area contributed by atoms with E-state index >= 15 is 0 Å². The number of nitrogens with zero attached hydrogens (tertiary/aromatic N) is 5. The first-order valence-corrected chi connectivity index (χ1v) is 8.57. The third-order valence-corrected chi connectivity index (χ3v) is 5.32. The highest BCUT2D eigenvalue weighted by molar-refractivity contribution is 5.80. The van der Waals surface area contributed by atoms with Crippen molar-refractivity contribution in [3.8, 4) is 0 Å². The number of hydrogen-bond donors (Lipinski definition) is 0. The van der Waals surface area contributed by atoms with Crippen LogP contribution >= 0.6 is 0 Å². The Morgan fingerprint density at radius 2 is 2.00 bits per heavy atom. The normalized spacial score (nSPS) is 24.4. The van der Waals surface area contributed by atoms with Crippen molar-refractivity contribution in [2.75, 3.05) is 19.6 Å². The molecule has 2 atom stereocenters. The van der Waals surface area contributed by atoms with Crippen molar-refractivity contribution in [2.45, 2.75) is 19.5 Å². The fourth-order valence-corrected chi connectivity index (χ4v) is 3.94. The SMILES string of the molecule is Cn1ccnc1CN1CC2CCN(Cc3ccncc3)C(=O)C2C1. The molecule has 0 bridgehead atoms. The number of amides is 1. The summed E-state index contributed by atoms with van der Waals surface area (Å²) in [6, 6.07) is 3.97. The average Bonchev–Trinajstić information content (AvgIpc) is 3.18. The van der Waals surface area contributed by atoms with E-state index in [2.05, 4.69) is 19.4 Å². The Balaban J connectivity index is 1.41. The molecular formula is C18H23N5O. The number of carbonyl (C=O) groups is 1. The van der Waals surface area contributed by atoms with Gasteiger partial charge in [0.2, 0.25) is 5.91 Å². The average molecular weight is 325 g/mol. The van der Waals surface area contributed by atoms with Crippen molar-refractivity contribution in [2.24, 2.45) is 18.9 Å². The van der Waals surface area contributed by atoms with Crippen molar-refractivity contribution in [3.05, 3.63) is 48.3 Å². The first-order chi connectivity index (χ1) is 11.7. The summed E-state index contributed by atoms with van der Waals surface area (Å²) in [7, 11) is 2.02. The maximum atomic E-state index is 12.9. The molecule has 2 unspecified atom stereocenters. The fraction of sp³-hybridized carbons (Fsp3) is 0.500. The van der Waals surface area contributed by atoms with E-state index in [1.165, 1.54) is 0 Å². The van der Waals surface area contributed by atoms with Gasteiger partial charge in [-0.25, -0.2) is 4.98 Å². The van der Waals surface area contributed by atoms with Crippen molar-refractivity contribution in [3.63, 3.8) is 0 Å². The van der Waals surface area contributed by atoms with Gasteiger partial charge in [-0.2, -0.15) is 0 Å². The standard InChI is InChI=1S/C18H23N5O/c1-21-9-7-20-17(21)13-22-11-15-4-8-23(18(24)16(15)12-22)10-14-2-5-19-6-3-14/h2-3,5-7,9,15-16H,4,8,10-13H2,1H3. The van der Waals surface area contributed by atoms with Gasteiger partial charge in [-0.05, 0) is 30.0 Å². The molecule has 4 heterocycles. The van der Waals surface area contributed by atoms with Crippen LogP contribution in [0.25, 0.3) is 0 Å². The highest BCUT2D eigenvalue weighted by Crippen LogP contribution is 2.33. The molecule has 2 fully saturated rings. The van der Waals surface area contributed by atoms with E-state index in [0.29, 0.717) is 18.4 Å². The van der Waals surface area contributed by atoms with E-state index in [1.54, 1.807) is 12.4 Å². The van der Waals surface area contributed by atoms with Crippen LogP contribution < -0.4 is 0 Å². The molecule has 0 saturated carbocycles. The minimum atomic E-state index is 0.140. The lowest BCUT2D eigenvalue weighted by molar-refractivity contribution is -0.140. The zero-order chi connectivity index (χ0) is 16.5. The van der Waals surface area contributed by atoms with Gasteiger partial charge in [0.25, 0.3) is 0 Å².